The summed E-state index contributed by atoms with van der Waals surface area (Å²) < 4.78 is 5.60. The van der Waals surface area contributed by atoms with Crippen LogP contribution < -0.4 is 15.0 Å². The van der Waals surface area contributed by atoms with Gasteiger partial charge in [-0.25, -0.2) is 0 Å². The summed E-state index contributed by atoms with van der Waals surface area (Å²) in [6.45, 7) is 7.81. The maximum atomic E-state index is 12.4. The lowest BCUT2D eigenvalue weighted by Crippen LogP contribution is -2.48. The molecule has 1 aliphatic heterocycles. The Balaban J connectivity index is 1.61. The summed E-state index contributed by atoms with van der Waals surface area (Å²) in [4.78, 5) is 28.3. The van der Waals surface area contributed by atoms with Crippen molar-refractivity contribution in [3.8, 4) is 5.75 Å². The van der Waals surface area contributed by atoms with Crippen molar-refractivity contribution < 1.29 is 14.3 Å². The Kier molecular flexibility index (Phi) is 8.62. The van der Waals surface area contributed by atoms with Crippen molar-refractivity contribution >= 4 is 69.6 Å². The van der Waals surface area contributed by atoms with Gasteiger partial charge in [-0.1, -0.05) is 53.3 Å². The number of hydrogen-bond acceptors (Lipinski definition) is 4. The number of carbonyl (C=O) groups is 2. The number of carbonyl (C=O) groups excluding carboxylic acids is 2. The zero-order chi connectivity index (χ0) is 24.3. The predicted octanol–water partition coefficient (Wildman–Crippen LogP) is 5.99. The van der Waals surface area contributed by atoms with Gasteiger partial charge in [0.15, 0.2) is 12.4 Å². The van der Waals surface area contributed by atoms with Gasteiger partial charge in [-0.2, -0.15) is 0 Å². The molecule has 1 heterocycles. The third kappa shape index (κ3) is 5.80. The monoisotopic (exact) mass is 531 g/mol. The van der Waals surface area contributed by atoms with E-state index in [4.69, 9.17) is 51.1 Å². The molecule has 6 nitrogen and oxygen atoms in total. The fourth-order valence-corrected chi connectivity index (χ4v) is 4.76. The first-order chi connectivity index (χ1) is 15.6. The van der Waals surface area contributed by atoms with E-state index in [1.807, 2.05) is 17.9 Å². The SMILES string of the molecule is CCC(=O)N1CCN(c2ccc(NC(=O)COc3c(Cl)c(C)c(Cl)c(C)c3Cl)cc2Cl)CC1. The van der Waals surface area contributed by atoms with Crippen molar-refractivity contribution in [2.45, 2.75) is 27.2 Å². The average Bonchev–Trinajstić information content (AvgIpc) is 2.81. The molecule has 0 spiro atoms. The van der Waals surface area contributed by atoms with Crippen LogP contribution in [0.25, 0.3) is 0 Å². The van der Waals surface area contributed by atoms with E-state index in [9.17, 15) is 9.59 Å². The molecule has 178 valence electrons. The molecule has 0 aromatic heterocycles. The zero-order valence-corrected chi connectivity index (χ0v) is 21.6. The number of ether oxygens (including phenoxy) is 1. The third-order valence-electron chi connectivity index (χ3n) is 5.57. The lowest BCUT2D eigenvalue weighted by Gasteiger charge is -2.36. The molecule has 0 bridgehead atoms. The first kappa shape index (κ1) is 25.8. The average molecular weight is 533 g/mol. The molecule has 1 aliphatic rings. The van der Waals surface area contributed by atoms with E-state index in [1.165, 1.54) is 0 Å². The first-order valence-electron chi connectivity index (χ1n) is 10.5. The Bertz CT molecular complexity index is 1040. The molecule has 0 atom stereocenters. The highest BCUT2D eigenvalue weighted by molar-refractivity contribution is 6.42. The molecular weight excluding hydrogens is 508 g/mol. The van der Waals surface area contributed by atoms with Crippen molar-refractivity contribution in [3.05, 3.63) is 49.4 Å². The molecule has 2 amide bonds. The zero-order valence-electron chi connectivity index (χ0n) is 18.6. The molecule has 0 saturated carbocycles. The van der Waals surface area contributed by atoms with Crippen LogP contribution in [0.2, 0.25) is 20.1 Å². The van der Waals surface area contributed by atoms with Gasteiger partial charge in [-0.15, -0.1) is 0 Å². The lowest BCUT2D eigenvalue weighted by atomic mass is 10.1. The van der Waals surface area contributed by atoms with E-state index in [2.05, 4.69) is 10.2 Å². The lowest BCUT2D eigenvalue weighted by molar-refractivity contribution is -0.131. The summed E-state index contributed by atoms with van der Waals surface area (Å²) in [7, 11) is 0. The highest BCUT2D eigenvalue weighted by Crippen LogP contribution is 2.42. The minimum atomic E-state index is -0.386. The molecule has 0 unspecified atom stereocenters. The Morgan fingerprint density at radius 2 is 1.58 bits per heavy atom. The van der Waals surface area contributed by atoms with Gasteiger partial charge in [0.2, 0.25) is 5.91 Å². The predicted molar refractivity (Wildman–Crippen MR) is 136 cm³/mol. The van der Waals surface area contributed by atoms with E-state index < -0.39 is 0 Å². The molecule has 10 heteroatoms. The maximum absolute atomic E-state index is 12.4. The second kappa shape index (κ2) is 11.0. The third-order valence-corrected chi connectivity index (χ3v) is 7.35. The number of benzene rings is 2. The summed E-state index contributed by atoms with van der Waals surface area (Å²) in [5.41, 5.74) is 2.67. The Hall–Kier alpha value is -1.86. The number of anilines is 2. The summed E-state index contributed by atoms with van der Waals surface area (Å²) in [5, 5.41) is 4.29. The van der Waals surface area contributed by atoms with Crippen molar-refractivity contribution in [2.75, 3.05) is 43.0 Å². The number of nitrogens with one attached hydrogen (secondary N) is 1. The van der Waals surface area contributed by atoms with Crippen molar-refractivity contribution in [1.82, 2.24) is 4.90 Å². The molecule has 2 aromatic rings. The summed E-state index contributed by atoms with van der Waals surface area (Å²) in [5.74, 6) is -0.00242. The van der Waals surface area contributed by atoms with Crippen LogP contribution in [0.5, 0.6) is 5.75 Å². The second-order valence-corrected chi connectivity index (χ2v) is 9.29. The number of nitrogens with zero attached hydrogens (tertiary/aromatic N) is 2. The standard InChI is InChI=1S/C23H25Cl4N3O3/c1-4-19(32)30-9-7-29(8-10-30)17-6-5-15(11-16(17)24)28-18(31)12-33-23-21(26)13(2)20(25)14(3)22(23)27/h5-6,11H,4,7-10,12H2,1-3H3,(H,28,31). The van der Waals surface area contributed by atoms with Gasteiger partial charge in [0, 0.05) is 43.3 Å². The number of piperazine rings is 1. The van der Waals surface area contributed by atoms with Crippen LogP contribution >= 0.6 is 46.4 Å². The highest BCUT2D eigenvalue weighted by atomic mass is 35.5. The minimum absolute atomic E-state index is 0.160. The van der Waals surface area contributed by atoms with E-state index in [0.717, 1.165) is 5.69 Å². The fourth-order valence-electron chi connectivity index (χ4n) is 3.63. The molecule has 0 aliphatic carbocycles. The number of amides is 2. The van der Waals surface area contributed by atoms with Crippen LogP contribution in [0, 0.1) is 13.8 Å². The van der Waals surface area contributed by atoms with Gasteiger partial charge in [0.25, 0.3) is 5.91 Å². The molecule has 1 N–H and O–H groups in total. The Morgan fingerprint density at radius 1 is 0.970 bits per heavy atom. The van der Waals surface area contributed by atoms with Gasteiger partial charge in [0.1, 0.15) is 0 Å². The molecule has 1 saturated heterocycles. The van der Waals surface area contributed by atoms with Crippen LogP contribution in [-0.4, -0.2) is 49.5 Å². The summed E-state index contributed by atoms with van der Waals surface area (Å²) in [6.07, 6.45) is 0.508. The van der Waals surface area contributed by atoms with E-state index in [-0.39, 0.29) is 34.2 Å². The largest absolute Gasteiger partial charge is 0.481 e. The van der Waals surface area contributed by atoms with Gasteiger partial charge in [-0.05, 0) is 43.2 Å². The van der Waals surface area contributed by atoms with Gasteiger partial charge >= 0.3 is 0 Å². The number of halogens is 4. The molecular formula is C23H25Cl4N3O3. The topological polar surface area (TPSA) is 61.9 Å². The van der Waals surface area contributed by atoms with Crippen molar-refractivity contribution in [1.29, 1.82) is 0 Å². The molecule has 2 aromatic carbocycles. The second-order valence-electron chi connectivity index (χ2n) is 7.75. The number of rotatable bonds is 6. The minimum Gasteiger partial charge on any atom is -0.481 e. The van der Waals surface area contributed by atoms with Gasteiger partial charge in [0.05, 0.1) is 20.8 Å². The van der Waals surface area contributed by atoms with E-state index in [1.54, 1.807) is 26.0 Å². The highest BCUT2D eigenvalue weighted by Gasteiger charge is 2.22. The normalized spacial score (nSPS) is 13.8. The number of hydrogen-bond donors (Lipinski definition) is 1. The molecule has 1 fully saturated rings. The van der Waals surface area contributed by atoms with Crippen LogP contribution in [0.4, 0.5) is 11.4 Å². The van der Waals surface area contributed by atoms with Crippen LogP contribution in [0.3, 0.4) is 0 Å². The summed E-state index contributed by atoms with van der Waals surface area (Å²) in [6, 6.07) is 5.32. The van der Waals surface area contributed by atoms with Crippen molar-refractivity contribution in [3.63, 3.8) is 0 Å². The van der Waals surface area contributed by atoms with E-state index in [0.29, 0.717) is 59.5 Å². The molecule has 33 heavy (non-hydrogen) atoms. The van der Waals surface area contributed by atoms with Crippen LogP contribution in [0.1, 0.15) is 24.5 Å². The Morgan fingerprint density at radius 3 is 2.12 bits per heavy atom. The first-order valence-corrected chi connectivity index (χ1v) is 12.0. The van der Waals surface area contributed by atoms with E-state index >= 15 is 0 Å². The van der Waals surface area contributed by atoms with Gasteiger partial charge < -0.3 is 19.9 Å². The van der Waals surface area contributed by atoms with Gasteiger partial charge in [-0.3, -0.25) is 9.59 Å². The summed E-state index contributed by atoms with van der Waals surface area (Å²) >= 11 is 25.3. The maximum Gasteiger partial charge on any atom is 0.262 e. The quantitative estimate of drug-likeness (QED) is 0.496. The molecule has 3 rings (SSSR count). The molecule has 0 radical (unpaired) electrons. The van der Waals surface area contributed by atoms with Crippen LogP contribution in [0.15, 0.2) is 18.2 Å². The Labute approximate surface area is 213 Å². The van der Waals surface area contributed by atoms with Crippen LogP contribution in [-0.2, 0) is 9.59 Å². The van der Waals surface area contributed by atoms with Crippen molar-refractivity contribution in [2.24, 2.45) is 0 Å². The fraction of sp³-hybridized carbons (Fsp3) is 0.391. The smallest absolute Gasteiger partial charge is 0.262 e.